The number of aromatic hydroxyl groups is 1. The number of phenols is 1. The van der Waals surface area contributed by atoms with E-state index in [1.54, 1.807) is 40.4 Å². The Morgan fingerprint density at radius 2 is 1.26 bits per heavy atom. The van der Waals surface area contributed by atoms with Gasteiger partial charge in [-0.05, 0) is 25.6 Å². The molecule has 0 unspecified atom stereocenters. The third kappa shape index (κ3) is 8.61. The Morgan fingerprint density at radius 1 is 0.765 bits per heavy atom. The Hall–Kier alpha value is -6.25. The topological polar surface area (TPSA) is 238 Å². The van der Waals surface area contributed by atoms with Crippen molar-refractivity contribution in [3.8, 4) is 23.0 Å². The van der Waals surface area contributed by atoms with Crippen molar-refractivity contribution in [2.45, 2.75) is 75.7 Å². The molecule has 0 radical (unpaired) electrons. The summed E-state index contributed by atoms with van der Waals surface area (Å²) >= 11 is 0. The number of amides is 2. The first-order chi connectivity index (χ1) is 32.5. The number of methoxy groups -OCH3 is 3. The maximum atomic E-state index is 14.3. The molecule has 4 aromatic carbocycles. The SMILES string of the molecule is COc1ccc([PH](CCCCCCCC(=O)NCc2ccc3c(c2O)C(=O)C2=C(O)[C@]4(O)C(=O)C(C(N)=O)=C(O)[C@@H](N(C)C)[C@@H]4[C@@H](O)[C@@H]2[C@H]3C)(c2ccc(OC)cc2)c2ccc(OC)cc2)cc1. The number of carbonyl (C=O) groups excluding carboxylic acids is 4. The van der Waals surface area contributed by atoms with Gasteiger partial charge in [-0.25, -0.2) is 0 Å². The number of unbranched alkanes of at least 4 members (excludes halogenated alkanes) is 4. The van der Waals surface area contributed by atoms with Crippen molar-refractivity contribution in [1.82, 2.24) is 10.2 Å². The normalized spacial score (nSPS) is 22.6. The van der Waals surface area contributed by atoms with Crippen LogP contribution in [0, 0.1) is 11.8 Å². The quantitative estimate of drug-likeness (QED) is 0.0418. The minimum atomic E-state index is -3.01. The summed E-state index contributed by atoms with van der Waals surface area (Å²) in [7, 11) is 5.37. The number of phenolic OH excluding ortho intramolecular Hbond substituents is 1. The fourth-order valence-electron chi connectivity index (χ4n) is 10.9. The van der Waals surface area contributed by atoms with Crippen LogP contribution in [0.4, 0.5) is 0 Å². The summed E-state index contributed by atoms with van der Waals surface area (Å²) < 4.78 is 16.6. The zero-order chi connectivity index (χ0) is 49.2. The summed E-state index contributed by atoms with van der Waals surface area (Å²) in [5, 5.41) is 64.8. The van der Waals surface area contributed by atoms with Crippen molar-refractivity contribution >= 4 is 46.6 Å². The molecule has 3 aliphatic rings. The molecular weight excluding hydrogens is 890 g/mol. The summed E-state index contributed by atoms with van der Waals surface area (Å²) in [6.45, 7) is 1.55. The van der Waals surface area contributed by atoms with Crippen LogP contribution in [0.15, 0.2) is 108 Å². The van der Waals surface area contributed by atoms with Gasteiger partial charge in [-0.2, -0.15) is 0 Å². The summed E-state index contributed by atoms with van der Waals surface area (Å²) in [5.74, 6) is -7.50. The molecule has 16 heteroatoms. The van der Waals surface area contributed by atoms with Gasteiger partial charge in [0.1, 0.15) is 17.1 Å². The van der Waals surface area contributed by atoms with Gasteiger partial charge in [-0.3, -0.25) is 19.3 Å². The van der Waals surface area contributed by atoms with Gasteiger partial charge in [-0.15, -0.1) is 0 Å². The van der Waals surface area contributed by atoms with Crippen molar-refractivity contribution in [3.05, 3.63) is 124 Å². The molecule has 0 spiro atoms. The predicted molar refractivity (Wildman–Crippen MR) is 260 cm³/mol. The van der Waals surface area contributed by atoms with E-state index in [1.807, 2.05) is 36.4 Å². The number of aliphatic hydroxyl groups excluding tert-OH is 3. The number of nitrogens with one attached hydrogen (secondary N) is 1. The summed E-state index contributed by atoms with van der Waals surface area (Å²) in [6.07, 6.45) is 3.75. The van der Waals surface area contributed by atoms with Crippen molar-refractivity contribution in [2.24, 2.45) is 17.6 Å². The third-order valence-corrected chi connectivity index (χ3v) is 19.5. The summed E-state index contributed by atoms with van der Waals surface area (Å²) in [4.78, 5) is 54.9. The van der Waals surface area contributed by atoms with E-state index in [0.717, 1.165) is 49.1 Å². The van der Waals surface area contributed by atoms with Gasteiger partial charge in [0.05, 0.1) is 23.6 Å². The molecule has 8 N–H and O–H groups in total. The van der Waals surface area contributed by atoms with Crippen molar-refractivity contribution in [3.63, 3.8) is 0 Å². The van der Waals surface area contributed by atoms with E-state index in [-0.39, 0.29) is 30.0 Å². The monoisotopic (exact) mass is 951 g/mol. The second kappa shape index (κ2) is 20.1. The van der Waals surface area contributed by atoms with Crippen molar-refractivity contribution in [1.29, 1.82) is 0 Å². The van der Waals surface area contributed by atoms with Crippen LogP contribution in [0.25, 0.3) is 0 Å². The average Bonchev–Trinajstić information content (AvgIpc) is 3.33. The number of hydrogen-bond acceptors (Lipinski definition) is 13. The van der Waals surface area contributed by atoms with Gasteiger partial charge in [-0.1, -0.05) is 13.0 Å². The predicted octanol–water partition coefficient (Wildman–Crippen LogP) is 4.36. The number of fused-ring (bicyclic) bond motifs is 3. The molecule has 0 fully saturated rings. The summed E-state index contributed by atoms with van der Waals surface area (Å²) in [5.41, 5.74) is 1.30. The van der Waals surface area contributed by atoms with Gasteiger partial charge in [0, 0.05) is 11.5 Å². The first-order valence-electron chi connectivity index (χ1n) is 22.9. The van der Waals surface area contributed by atoms with Gasteiger partial charge < -0.3 is 31.3 Å². The van der Waals surface area contributed by atoms with E-state index in [2.05, 4.69) is 41.7 Å². The number of rotatable bonds is 18. The Bertz CT molecular complexity index is 2510. The number of ether oxygens (including phenoxy) is 3. The number of nitrogens with zero attached hydrogens (tertiary/aromatic N) is 1. The number of likely N-dealkylation sites (N-methyl/N-ethyl adjacent to an activating group) is 1. The molecule has 3 aliphatic carbocycles. The number of aliphatic hydroxyl groups is 4. The van der Waals surface area contributed by atoms with Gasteiger partial charge >= 0.3 is 233 Å². The average molecular weight is 952 g/mol. The van der Waals surface area contributed by atoms with E-state index in [1.165, 1.54) is 34.9 Å². The molecule has 15 nitrogen and oxygen atoms in total. The molecule has 2 amide bonds. The van der Waals surface area contributed by atoms with Crippen molar-refractivity contribution in [2.75, 3.05) is 41.6 Å². The standard InChI is InChI=1S/C52H62N3O12P/c1-29-37-26-13-30(45(57)40(37)46(58)41-39(29)47(59)43-44(55(2)3)48(60)42(51(53)63)50(62)52(43,64)49(41)61)28-54-38(56)12-10-8-7-9-11-27-68(34-20-14-31(65-4)15-21-34,35-22-16-32(66-5)17-23-35)36-24-18-33(67-6)19-25-36/h13-26,29,39,43-44,47,57,59-61,64,68H,7-12,27-28H2,1-6H3,(H2,53,63)(H,54,56)/t29-,39+,43+,44-,47-,52-/m0/s1. The molecule has 0 aromatic heterocycles. The molecule has 0 aliphatic heterocycles. The Labute approximate surface area is 396 Å². The fourth-order valence-corrected chi connectivity index (χ4v) is 15.7. The molecule has 6 atom stereocenters. The van der Waals surface area contributed by atoms with Crippen LogP contribution in [-0.4, -0.2) is 113 Å². The van der Waals surface area contributed by atoms with Gasteiger partial charge in [0.25, 0.3) is 5.91 Å². The molecule has 4 aromatic rings. The number of primary amides is 1. The van der Waals surface area contributed by atoms with E-state index >= 15 is 0 Å². The van der Waals surface area contributed by atoms with E-state index in [0.29, 0.717) is 12.0 Å². The molecule has 0 bridgehead atoms. The Balaban J connectivity index is 1.01. The third-order valence-electron chi connectivity index (χ3n) is 14.4. The van der Waals surface area contributed by atoms with Crippen LogP contribution < -0.4 is 41.2 Å². The number of Topliss-reactive ketones (excluding diaryl/α,β-unsaturated/α-hetero) is 2. The Morgan fingerprint density at radius 3 is 1.75 bits per heavy atom. The van der Waals surface area contributed by atoms with Crippen LogP contribution in [0.1, 0.15) is 72.9 Å². The van der Waals surface area contributed by atoms with Crippen LogP contribution in [-0.2, 0) is 20.9 Å². The first kappa shape index (κ1) is 49.6. The van der Waals surface area contributed by atoms with Gasteiger partial charge in [0.15, 0.2) is 11.4 Å². The molecule has 7 rings (SSSR count). The molecule has 0 saturated carbocycles. The van der Waals surface area contributed by atoms with Crippen LogP contribution in [0.2, 0.25) is 0 Å². The Kier molecular flexibility index (Phi) is 14.7. The summed E-state index contributed by atoms with van der Waals surface area (Å²) in [6, 6.07) is 27.0. The molecule has 362 valence electrons. The molecule has 0 heterocycles. The molecule has 0 saturated heterocycles. The minimum absolute atomic E-state index is 0.119. The maximum absolute atomic E-state index is 14.3. The van der Waals surface area contributed by atoms with Crippen molar-refractivity contribution < 1.29 is 58.9 Å². The number of ketones is 2. The number of hydrogen-bond donors (Lipinski definition) is 7. The molecule has 68 heavy (non-hydrogen) atoms. The second-order valence-corrected chi connectivity index (χ2v) is 22.3. The zero-order valence-electron chi connectivity index (χ0n) is 39.2. The zero-order valence-corrected chi connectivity index (χ0v) is 40.2. The fraction of sp³-hybridized carbons (Fsp3) is 0.385. The number of carbonyl (C=O) groups is 4. The number of nitrogens with two attached hydrogens (primary N) is 1. The number of benzene rings is 4. The first-order valence-corrected chi connectivity index (χ1v) is 25.1. The van der Waals surface area contributed by atoms with E-state index in [4.69, 9.17) is 19.9 Å². The van der Waals surface area contributed by atoms with Gasteiger partial charge in [0.2, 0.25) is 5.78 Å². The van der Waals surface area contributed by atoms with Crippen LogP contribution in [0.3, 0.4) is 0 Å². The molecular formula is C52H62N3O12P. The van der Waals surface area contributed by atoms with E-state index < -0.39 is 88.7 Å². The van der Waals surface area contributed by atoms with Crippen LogP contribution >= 0.6 is 7.26 Å². The second-order valence-electron chi connectivity index (χ2n) is 18.2. The van der Waals surface area contributed by atoms with Crippen LogP contribution in [0.5, 0.6) is 23.0 Å². The van der Waals surface area contributed by atoms with E-state index in [9.17, 15) is 44.7 Å².